The van der Waals surface area contributed by atoms with Gasteiger partial charge in [-0.3, -0.25) is 10.1 Å². The van der Waals surface area contributed by atoms with E-state index in [1.165, 1.54) is 17.4 Å². The van der Waals surface area contributed by atoms with Crippen molar-refractivity contribution in [2.75, 3.05) is 5.32 Å². The van der Waals surface area contributed by atoms with Gasteiger partial charge in [-0.05, 0) is 31.4 Å². The van der Waals surface area contributed by atoms with Crippen LogP contribution >= 0.6 is 11.3 Å². The number of aromatic nitrogens is 4. The smallest absolute Gasteiger partial charge is 0.296 e. The number of carbonyl (C=O) groups excluding carboxylic acids is 1. The topological polar surface area (TPSA) is 72.7 Å². The van der Waals surface area contributed by atoms with Crippen molar-refractivity contribution in [3.8, 4) is 5.69 Å². The zero-order chi connectivity index (χ0) is 19.2. The van der Waals surface area contributed by atoms with Crippen molar-refractivity contribution in [3.05, 3.63) is 52.3 Å². The van der Waals surface area contributed by atoms with E-state index >= 15 is 0 Å². The van der Waals surface area contributed by atoms with Gasteiger partial charge >= 0.3 is 6.18 Å². The van der Waals surface area contributed by atoms with Crippen molar-refractivity contribution in [1.29, 1.82) is 0 Å². The maximum atomic E-state index is 13.7. The van der Waals surface area contributed by atoms with Gasteiger partial charge in [0.1, 0.15) is 5.01 Å². The second-order valence-electron chi connectivity index (χ2n) is 6.28. The third kappa shape index (κ3) is 3.44. The number of benzene rings is 1. The Hall–Kier alpha value is -2.75. The van der Waals surface area contributed by atoms with Gasteiger partial charge in [0, 0.05) is 5.92 Å². The lowest BCUT2D eigenvalue weighted by atomic mass is 10.2. The third-order valence-corrected chi connectivity index (χ3v) is 5.21. The molecule has 3 aromatic rings. The average molecular weight is 393 g/mol. The molecule has 1 fully saturated rings. The summed E-state index contributed by atoms with van der Waals surface area (Å²) in [6.07, 6.45) is -1.80. The Morgan fingerprint density at radius 3 is 2.67 bits per heavy atom. The number of carbonyl (C=O) groups is 1. The highest BCUT2D eigenvalue weighted by atomic mass is 32.1. The van der Waals surface area contributed by atoms with Crippen LogP contribution in [0.25, 0.3) is 5.69 Å². The lowest BCUT2D eigenvalue weighted by Gasteiger charge is -2.14. The summed E-state index contributed by atoms with van der Waals surface area (Å²) in [5, 5.41) is 15.0. The highest BCUT2D eigenvalue weighted by Crippen LogP contribution is 2.42. The van der Waals surface area contributed by atoms with Crippen LogP contribution in [0.15, 0.2) is 30.5 Å². The first-order valence-corrected chi connectivity index (χ1v) is 9.02. The molecular weight excluding hydrogens is 379 g/mol. The number of hydrogen-bond acceptors (Lipinski definition) is 5. The molecule has 1 aromatic carbocycles. The van der Waals surface area contributed by atoms with Crippen LogP contribution in [0.1, 0.15) is 45.4 Å². The highest BCUT2D eigenvalue weighted by Gasteiger charge is 2.41. The van der Waals surface area contributed by atoms with Crippen molar-refractivity contribution in [2.45, 2.75) is 31.9 Å². The molecule has 2 aromatic heterocycles. The van der Waals surface area contributed by atoms with Crippen molar-refractivity contribution in [2.24, 2.45) is 0 Å². The maximum absolute atomic E-state index is 13.7. The van der Waals surface area contributed by atoms with E-state index in [-0.39, 0.29) is 10.8 Å². The standard InChI is InChI=1S/C17H14F3N5OS/c1-9-4-2-3-5-12(9)25-13(17(18,19)20)11(8-21-25)14(26)22-16-24-23-15(27-16)10-6-7-10/h2-5,8,10H,6-7H2,1H3,(H,22,24,26). The monoisotopic (exact) mass is 393 g/mol. The third-order valence-electron chi connectivity index (χ3n) is 4.21. The maximum Gasteiger partial charge on any atom is 0.434 e. The van der Waals surface area contributed by atoms with E-state index < -0.39 is 23.3 Å². The number of nitrogens with zero attached hydrogens (tertiary/aromatic N) is 4. The van der Waals surface area contributed by atoms with Gasteiger partial charge in [0.2, 0.25) is 5.13 Å². The molecule has 0 atom stereocenters. The first kappa shape index (κ1) is 17.7. The van der Waals surface area contributed by atoms with E-state index in [1.54, 1.807) is 25.1 Å². The van der Waals surface area contributed by atoms with Crippen LogP contribution in [-0.2, 0) is 6.18 Å². The molecule has 0 unspecified atom stereocenters. The zero-order valence-electron chi connectivity index (χ0n) is 14.1. The highest BCUT2D eigenvalue weighted by molar-refractivity contribution is 7.15. The second-order valence-corrected chi connectivity index (χ2v) is 7.29. The van der Waals surface area contributed by atoms with Gasteiger partial charge in [0.15, 0.2) is 5.69 Å². The van der Waals surface area contributed by atoms with Crippen LogP contribution in [0.5, 0.6) is 0 Å². The molecule has 1 aliphatic rings. The predicted octanol–water partition coefficient (Wildman–Crippen LogP) is 4.18. The Labute approximate surface area is 156 Å². The normalized spacial score (nSPS) is 14.4. The van der Waals surface area contributed by atoms with Gasteiger partial charge < -0.3 is 0 Å². The van der Waals surface area contributed by atoms with Crippen molar-refractivity contribution >= 4 is 22.4 Å². The summed E-state index contributed by atoms with van der Waals surface area (Å²) >= 11 is 1.18. The number of para-hydroxylation sites is 1. The molecule has 0 saturated heterocycles. The van der Waals surface area contributed by atoms with Crippen LogP contribution in [0.2, 0.25) is 0 Å². The van der Waals surface area contributed by atoms with Crippen LogP contribution < -0.4 is 5.32 Å². The van der Waals surface area contributed by atoms with E-state index in [0.29, 0.717) is 11.5 Å². The number of nitrogens with one attached hydrogen (secondary N) is 1. The molecular formula is C17H14F3N5OS. The molecule has 1 saturated carbocycles. The largest absolute Gasteiger partial charge is 0.434 e. The van der Waals surface area contributed by atoms with E-state index in [4.69, 9.17) is 0 Å². The van der Waals surface area contributed by atoms with E-state index in [1.807, 2.05) is 0 Å². The molecule has 0 spiro atoms. The Kier molecular flexibility index (Phi) is 4.22. The fourth-order valence-corrected chi connectivity index (χ4v) is 3.62. The summed E-state index contributed by atoms with van der Waals surface area (Å²) in [5.74, 6) is -0.566. The van der Waals surface area contributed by atoms with Gasteiger partial charge in [0.05, 0.1) is 17.4 Å². The molecule has 1 amide bonds. The van der Waals surface area contributed by atoms with Gasteiger partial charge in [0.25, 0.3) is 5.91 Å². The van der Waals surface area contributed by atoms with Gasteiger partial charge in [-0.25, -0.2) is 4.68 Å². The van der Waals surface area contributed by atoms with Crippen LogP contribution in [-0.4, -0.2) is 25.9 Å². The molecule has 10 heteroatoms. The summed E-state index contributed by atoms with van der Waals surface area (Å²) in [7, 11) is 0. The number of amides is 1. The second kappa shape index (κ2) is 6.45. The molecule has 140 valence electrons. The van der Waals surface area contributed by atoms with Crippen LogP contribution in [0, 0.1) is 6.92 Å². The summed E-state index contributed by atoms with van der Waals surface area (Å²) in [4.78, 5) is 12.5. The van der Waals surface area contributed by atoms with E-state index in [0.717, 1.165) is 28.7 Å². The fraction of sp³-hybridized carbons (Fsp3) is 0.294. The molecule has 1 N–H and O–H groups in total. The number of hydrogen-bond donors (Lipinski definition) is 1. The molecule has 4 rings (SSSR count). The molecule has 2 heterocycles. The number of rotatable bonds is 4. The minimum absolute atomic E-state index is 0.179. The summed E-state index contributed by atoms with van der Waals surface area (Å²) in [6.45, 7) is 1.68. The SMILES string of the molecule is Cc1ccccc1-n1ncc(C(=O)Nc2nnc(C3CC3)s2)c1C(F)(F)F. The van der Waals surface area contributed by atoms with Gasteiger partial charge in [-0.2, -0.15) is 18.3 Å². The number of anilines is 1. The van der Waals surface area contributed by atoms with Crippen molar-refractivity contribution in [3.63, 3.8) is 0 Å². The van der Waals surface area contributed by atoms with Crippen molar-refractivity contribution in [1.82, 2.24) is 20.0 Å². The summed E-state index contributed by atoms with van der Waals surface area (Å²) in [6, 6.07) is 6.53. The Balaban J connectivity index is 1.69. The average Bonchev–Trinajstić information content (AvgIpc) is 3.17. The molecule has 1 aliphatic carbocycles. The lowest BCUT2D eigenvalue weighted by Crippen LogP contribution is -2.21. The van der Waals surface area contributed by atoms with Crippen LogP contribution in [0.3, 0.4) is 0 Å². The quantitative estimate of drug-likeness (QED) is 0.722. The number of halogens is 3. The van der Waals surface area contributed by atoms with Crippen LogP contribution in [0.4, 0.5) is 18.3 Å². The molecule has 6 nitrogen and oxygen atoms in total. The Bertz CT molecular complexity index is 1010. The minimum atomic E-state index is -4.76. The molecule has 0 aliphatic heterocycles. The minimum Gasteiger partial charge on any atom is -0.296 e. The first-order chi connectivity index (χ1) is 12.8. The van der Waals surface area contributed by atoms with Gasteiger partial charge in [-0.15, -0.1) is 10.2 Å². The van der Waals surface area contributed by atoms with E-state index in [9.17, 15) is 18.0 Å². The van der Waals surface area contributed by atoms with E-state index in [2.05, 4.69) is 20.6 Å². The molecule has 0 radical (unpaired) electrons. The van der Waals surface area contributed by atoms with Gasteiger partial charge in [-0.1, -0.05) is 29.5 Å². The fourth-order valence-electron chi connectivity index (χ4n) is 2.72. The predicted molar refractivity (Wildman–Crippen MR) is 93.1 cm³/mol. The first-order valence-electron chi connectivity index (χ1n) is 8.20. The number of aryl methyl sites for hydroxylation is 1. The summed E-state index contributed by atoms with van der Waals surface area (Å²) < 4.78 is 41.9. The lowest BCUT2D eigenvalue weighted by molar-refractivity contribution is -0.143. The zero-order valence-corrected chi connectivity index (χ0v) is 14.9. The Morgan fingerprint density at radius 2 is 2.00 bits per heavy atom. The molecule has 27 heavy (non-hydrogen) atoms. The number of alkyl halides is 3. The summed E-state index contributed by atoms with van der Waals surface area (Å²) in [5.41, 5.74) is -0.817. The van der Waals surface area contributed by atoms with Crippen molar-refractivity contribution < 1.29 is 18.0 Å². The Morgan fingerprint density at radius 1 is 1.26 bits per heavy atom. The molecule has 0 bridgehead atoms.